The summed E-state index contributed by atoms with van der Waals surface area (Å²) in [6.45, 7) is 2.21. The Morgan fingerprint density at radius 2 is 1.62 bits per heavy atom. The van der Waals surface area contributed by atoms with Crippen LogP contribution in [-0.2, 0) is 12.8 Å². The smallest absolute Gasteiger partial charge is 0.0634 e. The number of benzene rings is 2. The predicted molar refractivity (Wildman–Crippen MR) is 100 cm³/mol. The number of fused-ring (bicyclic) bond motifs is 1. The van der Waals surface area contributed by atoms with Crippen molar-refractivity contribution in [2.24, 2.45) is 0 Å². The van der Waals surface area contributed by atoms with Gasteiger partial charge >= 0.3 is 0 Å². The quantitative estimate of drug-likeness (QED) is 0.527. The maximum atomic E-state index is 3.63. The van der Waals surface area contributed by atoms with Gasteiger partial charge in [0.05, 0.1) is 5.69 Å². The Kier molecular flexibility index (Phi) is 4.77. The lowest BCUT2D eigenvalue weighted by atomic mass is 10.0. The molecule has 21 heavy (non-hydrogen) atoms. The molecule has 0 saturated heterocycles. The summed E-state index contributed by atoms with van der Waals surface area (Å²) in [5, 5.41) is 3.60. The first-order chi connectivity index (χ1) is 10.0. The van der Waals surface area contributed by atoms with E-state index in [2.05, 4.69) is 90.4 Å². The second-order valence-electron chi connectivity index (χ2n) is 5.49. The van der Waals surface area contributed by atoms with Crippen LogP contribution < -0.4 is 5.32 Å². The number of hydrogen-bond donors (Lipinski definition) is 1. The van der Waals surface area contributed by atoms with Crippen LogP contribution in [0.2, 0.25) is 0 Å². The summed E-state index contributed by atoms with van der Waals surface area (Å²) in [5.74, 6) is 0. The van der Waals surface area contributed by atoms with E-state index in [1.807, 2.05) is 0 Å². The lowest BCUT2D eigenvalue weighted by Gasteiger charge is -2.19. The first-order valence-corrected chi connectivity index (χ1v) is 9.45. The van der Waals surface area contributed by atoms with Crippen molar-refractivity contribution in [1.29, 1.82) is 0 Å². The molecule has 2 aromatic carbocycles. The number of hydrogen-bond acceptors (Lipinski definition) is 1. The monoisotopic (exact) mass is 471 g/mol. The van der Waals surface area contributed by atoms with Crippen LogP contribution >= 0.6 is 47.8 Å². The van der Waals surface area contributed by atoms with Crippen molar-refractivity contribution in [3.05, 3.63) is 60.4 Å². The highest BCUT2D eigenvalue weighted by molar-refractivity contribution is 9.11. The van der Waals surface area contributed by atoms with E-state index >= 15 is 0 Å². The van der Waals surface area contributed by atoms with Gasteiger partial charge in [0.15, 0.2) is 0 Å². The molecule has 0 bridgehead atoms. The number of halogens is 3. The summed E-state index contributed by atoms with van der Waals surface area (Å²) in [6, 6.07) is 11.3. The molecule has 0 heterocycles. The van der Waals surface area contributed by atoms with Crippen molar-refractivity contribution in [2.45, 2.75) is 32.2 Å². The second-order valence-corrected chi connectivity index (χ2v) is 8.12. The van der Waals surface area contributed by atoms with Crippen LogP contribution in [0.1, 0.15) is 36.1 Å². The summed E-state index contributed by atoms with van der Waals surface area (Å²) in [4.78, 5) is 0. The third-order valence-corrected chi connectivity index (χ3v) is 5.70. The summed E-state index contributed by atoms with van der Waals surface area (Å²) in [6.07, 6.45) is 3.76. The summed E-state index contributed by atoms with van der Waals surface area (Å²) in [5.41, 5.74) is 5.48. The molecular formula is C17H16Br3N. The van der Waals surface area contributed by atoms with Crippen molar-refractivity contribution >= 4 is 53.5 Å². The van der Waals surface area contributed by atoms with Crippen LogP contribution in [0.25, 0.3) is 0 Å². The maximum Gasteiger partial charge on any atom is 0.0634 e. The average Bonchev–Trinajstić information content (AvgIpc) is 2.89. The van der Waals surface area contributed by atoms with Gasteiger partial charge in [-0.3, -0.25) is 0 Å². The highest BCUT2D eigenvalue weighted by Gasteiger charge is 2.15. The van der Waals surface area contributed by atoms with Gasteiger partial charge < -0.3 is 5.32 Å². The van der Waals surface area contributed by atoms with Gasteiger partial charge in [0.2, 0.25) is 0 Å². The van der Waals surface area contributed by atoms with Crippen molar-refractivity contribution in [3.63, 3.8) is 0 Å². The zero-order chi connectivity index (χ0) is 15.0. The van der Waals surface area contributed by atoms with Crippen molar-refractivity contribution in [2.75, 3.05) is 5.32 Å². The molecule has 0 saturated carbocycles. The van der Waals surface area contributed by atoms with Gasteiger partial charge in [-0.05, 0) is 86.9 Å². The standard InChI is InChI=1S/C17H16Br3N/c1-10(12-6-5-11-3-2-4-13(11)7-12)21-17-15(19)8-14(18)9-16(17)20/h5-10,21H,2-4H2,1H3. The van der Waals surface area contributed by atoms with E-state index in [4.69, 9.17) is 0 Å². The molecule has 4 heteroatoms. The summed E-state index contributed by atoms with van der Waals surface area (Å²) in [7, 11) is 0. The Labute approximate surface area is 150 Å². The van der Waals surface area contributed by atoms with E-state index in [1.165, 1.54) is 36.0 Å². The van der Waals surface area contributed by atoms with Crippen LogP contribution in [0.4, 0.5) is 5.69 Å². The number of anilines is 1. The van der Waals surface area contributed by atoms with Gasteiger partial charge in [-0.15, -0.1) is 0 Å². The zero-order valence-electron chi connectivity index (χ0n) is 11.7. The van der Waals surface area contributed by atoms with Crippen LogP contribution in [0.5, 0.6) is 0 Å². The number of nitrogens with one attached hydrogen (secondary N) is 1. The zero-order valence-corrected chi connectivity index (χ0v) is 16.5. The van der Waals surface area contributed by atoms with Gasteiger partial charge in [0.25, 0.3) is 0 Å². The minimum absolute atomic E-state index is 0.268. The van der Waals surface area contributed by atoms with Gasteiger partial charge in [-0.25, -0.2) is 0 Å². The Morgan fingerprint density at radius 3 is 2.33 bits per heavy atom. The van der Waals surface area contributed by atoms with E-state index in [1.54, 1.807) is 0 Å². The van der Waals surface area contributed by atoms with Crippen molar-refractivity contribution in [1.82, 2.24) is 0 Å². The average molecular weight is 474 g/mol. The minimum atomic E-state index is 0.268. The Morgan fingerprint density at radius 1 is 0.952 bits per heavy atom. The summed E-state index contributed by atoms with van der Waals surface area (Å²) < 4.78 is 3.16. The third-order valence-electron chi connectivity index (χ3n) is 3.99. The Hall–Kier alpha value is -0.320. The third kappa shape index (κ3) is 3.38. The topological polar surface area (TPSA) is 12.0 Å². The molecule has 0 fully saturated rings. The van der Waals surface area contributed by atoms with Gasteiger partial charge in [0, 0.05) is 19.5 Å². The molecule has 3 rings (SSSR count). The molecular weight excluding hydrogens is 458 g/mol. The summed E-state index contributed by atoms with van der Waals surface area (Å²) >= 11 is 10.8. The van der Waals surface area contributed by atoms with Crippen molar-refractivity contribution < 1.29 is 0 Å². The fraction of sp³-hybridized carbons (Fsp3) is 0.294. The molecule has 1 aliphatic rings. The van der Waals surface area contributed by atoms with Crippen LogP contribution in [0.15, 0.2) is 43.7 Å². The van der Waals surface area contributed by atoms with Crippen LogP contribution in [0.3, 0.4) is 0 Å². The Bertz CT molecular complexity index is 659. The molecule has 1 nitrogen and oxygen atoms in total. The molecule has 0 radical (unpaired) electrons. The second kappa shape index (κ2) is 6.43. The van der Waals surface area contributed by atoms with E-state index in [9.17, 15) is 0 Å². The lowest BCUT2D eigenvalue weighted by Crippen LogP contribution is -2.08. The molecule has 0 amide bonds. The van der Waals surface area contributed by atoms with E-state index in [0.29, 0.717) is 0 Å². The normalized spacial score (nSPS) is 14.9. The molecule has 1 aliphatic carbocycles. The maximum absolute atomic E-state index is 3.63. The van der Waals surface area contributed by atoms with E-state index < -0.39 is 0 Å². The fourth-order valence-corrected chi connectivity index (χ4v) is 5.33. The number of aryl methyl sites for hydroxylation is 2. The predicted octanol–water partition coefficient (Wildman–Crippen LogP) is 6.64. The molecule has 110 valence electrons. The number of rotatable bonds is 3. The van der Waals surface area contributed by atoms with Crippen molar-refractivity contribution in [3.8, 4) is 0 Å². The SMILES string of the molecule is CC(Nc1c(Br)cc(Br)cc1Br)c1ccc2c(c1)CCC2. The van der Waals surface area contributed by atoms with E-state index in [0.717, 1.165) is 19.1 Å². The molecule has 1 atom stereocenters. The van der Waals surface area contributed by atoms with Gasteiger partial charge in [-0.1, -0.05) is 34.1 Å². The molecule has 0 spiro atoms. The molecule has 1 N–H and O–H groups in total. The fourth-order valence-electron chi connectivity index (χ4n) is 2.84. The van der Waals surface area contributed by atoms with E-state index in [-0.39, 0.29) is 6.04 Å². The van der Waals surface area contributed by atoms with Gasteiger partial charge in [0.1, 0.15) is 0 Å². The largest absolute Gasteiger partial charge is 0.377 e. The molecule has 0 aromatic heterocycles. The van der Waals surface area contributed by atoms with Crippen LogP contribution in [-0.4, -0.2) is 0 Å². The first-order valence-electron chi connectivity index (χ1n) is 7.07. The van der Waals surface area contributed by atoms with Gasteiger partial charge in [-0.2, -0.15) is 0 Å². The lowest BCUT2D eigenvalue weighted by molar-refractivity contribution is 0.877. The Balaban J connectivity index is 1.85. The molecule has 1 unspecified atom stereocenters. The molecule has 0 aliphatic heterocycles. The highest BCUT2D eigenvalue weighted by Crippen LogP contribution is 2.37. The first kappa shape index (κ1) is 15.6. The minimum Gasteiger partial charge on any atom is -0.377 e. The molecule has 2 aromatic rings. The highest BCUT2D eigenvalue weighted by atomic mass is 79.9. The van der Waals surface area contributed by atoms with Crippen LogP contribution in [0, 0.1) is 0 Å².